The van der Waals surface area contributed by atoms with Gasteiger partial charge in [-0.1, -0.05) is 0 Å². The molecule has 12 heteroatoms. The van der Waals surface area contributed by atoms with Crippen LogP contribution < -0.4 is 11.3 Å². The first-order valence-corrected chi connectivity index (χ1v) is 4.41. The summed E-state index contributed by atoms with van der Waals surface area (Å²) in [5, 5.41) is 32.0. The molecule has 0 atom stereocenters. The molecule has 0 bridgehead atoms. The van der Waals surface area contributed by atoms with E-state index in [1.54, 1.807) is 0 Å². The monoisotopic (exact) mass is 271 g/mol. The maximum absolute atomic E-state index is 11.3. The van der Waals surface area contributed by atoms with Crippen LogP contribution in [0.1, 0.15) is 10.4 Å². The number of hydrogen-bond acceptors (Lipinski definition) is 8. The molecular formula is C7H5N5O7. The molecular weight excluding hydrogens is 266 g/mol. The number of nitrogen functional groups attached to an aromatic ring is 1. The average molecular weight is 271 g/mol. The number of nitrogens with two attached hydrogens (primary N) is 1. The Hall–Kier alpha value is -3.15. The number of nitrogens with zero attached hydrogens (tertiary/aromatic N) is 3. The summed E-state index contributed by atoms with van der Waals surface area (Å²) in [4.78, 5) is 40.0. The molecule has 100 valence electrons. The van der Waals surface area contributed by atoms with E-state index in [1.807, 2.05) is 0 Å². The molecule has 0 aromatic heterocycles. The van der Waals surface area contributed by atoms with Crippen molar-refractivity contribution in [3.05, 3.63) is 48.0 Å². The Morgan fingerprint density at radius 3 is 1.68 bits per heavy atom. The van der Waals surface area contributed by atoms with E-state index in [9.17, 15) is 35.1 Å². The lowest BCUT2D eigenvalue weighted by atomic mass is 10.1. The first-order chi connectivity index (χ1) is 8.79. The Bertz CT molecular complexity index is 562. The van der Waals surface area contributed by atoms with Crippen molar-refractivity contribution in [1.82, 2.24) is 5.43 Å². The Labute approximate surface area is 103 Å². The van der Waals surface area contributed by atoms with Crippen molar-refractivity contribution in [2.24, 2.45) is 5.84 Å². The molecule has 0 saturated heterocycles. The first-order valence-electron chi connectivity index (χ1n) is 4.41. The second-order valence-electron chi connectivity index (χ2n) is 3.10. The Balaban J connectivity index is 3.75. The lowest BCUT2D eigenvalue weighted by molar-refractivity contribution is -0.403. The summed E-state index contributed by atoms with van der Waals surface area (Å²) in [7, 11) is 0. The number of nitro groups is 3. The minimum atomic E-state index is -1.30. The van der Waals surface area contributed by atoms with Crippen LogP contribution in [-0.2, 0) is 0 Å². The molecule has 0 spiro atoms. The third-order valence-corrected chi connectivity index (χ3v) is 2.04. The Morgan fingerprint density at radius 2 is 1.42 bits per heavy atom. The third kappa shape index (κ3) is 2.58. The fourth-order valence-corrected chi connectivity index (χ4v) is 1.30. The van der Waals surface area contributed by atoms with Gasteiger partial charge in [0.15, 0.2) is 5.56 Å². The number of amides is 1. The van der Waals surface area contributed by atoms with Crippen molar-refractivity contribution in [3.8, 4) is 0 Å². The number of carbonyl (C=O) groups excluding carboxylic acids is 1. The van der Waals surface area contributed by atoms with Gasteiger partial charge in [-0.2, -0.15) is 0 Å². The van der Waals surface area contributed by atoms with E-state index in [0.717, 1.165) is 0 Å². The van der Waals surface area contributed by atoms with Gasteiger partial charge in [-0.15, -0.1) is 0 Å². The molecule has 19 heavy (non-hydrogen) atoms. The predicted molar refractivity (Wildman–Crippen MR) is 58.1 cm³/mol. The summed E-state index contributed by atoms with van der Waals surface area (Å²) >= 11 is 0. The van der Waals surface area contributed by atoms with Crippen LogP contribution in [0, 0.1) is 30.3 Å². The Kier molecular flexibility index (Phi) is 3.67. The summed E-state index contributed by atoms with van der Waals surface area (Å²) in [5.41, 5.74) is -2.49. The summed E-state index contributed by atoms with van der Waals surface area (Å²) < 4.78 is 0. The van der Waals surface area contributed by atoms with Crippen LogP contribution in [0.5, 0.6) is 0 Å². The molecule has 3 N–H and O–H groups in total. The van der Waals surface area contributed by atoms with E-state index >= 15 is 0 Å². The smallest absolute Gasteiger partial charge is 0.290 e. The minimum Gasteiger partial charge on any atom is -0.290 e. The van der Waals surface area contributed by atoms with Crippen LogP contribution in [0.15, 0.2) is 12.1 Å². The highest BCUT2D eigenvalue weighted by atomic mass is 16.6. The molecule has 0 heterocycles. The standard InChI is InChI=1S/C7H5N5O7/c8-9-7(13)6-4(11(16)17)1-3(10(14)15)2-5(6)12(18)19/h1-2H,8H2,(H,9,13). The number of benzene rings is 1. The lowest BCUT2D eigenvalue weighted by Crippen LogP contribution is -2.31. The number of hydrogen-bond donors (Lipinski definition) is 2. The van der Waals surface area contributed by atoms with Gasteiger partial charge in [0.2, 0.25) is 0 Å². The number of non-ortho nitro benzene ring substituents is 1. The Morgan fingerprint density at radius 1 is 1.00 bits per heavy atom. The number of carbonyl (C=O) groups is 1. The second-order valence-corrected chi connectivity index (χ2v) is 3.10. The van der Waals surface area contributed by atoms with Crippen molar-refractivity contribution in [2.45, 2.75) is 0 Å². The maximum Gasteiger partial charge on any atom is 0.296 e. The van der Waals surface area contributed by atoms with Crippen molar-refractivity contribution in [1.29, 1.82) is 0 Å². The molecule has 0 aliphatic carbocycles. The van der Waals surface area contributed by atoms with Gasteiger partial charge < -0.3 is 0 Å². The molecule has 1 amide bonds. The number of rotatable bonds is 4. The van der Waals surface area contributed by atoms with Crippen molar-refractivity contribution < 1.29 is 19.6 Å². The maximum atomic E-state index is 11.3. The third-order valence-electron chi connectivity index (χ3n) is 2.04. The molecule has 0 fully saturated rings. The van der Waals surface area contributed by atoms with Gasteiger partial charge in [0, 0.05) is 0 Å². The normalized spacial score (nSPS) is 9.74. The first kappa shape index (κ1) is 13.9. The van der Waals surface area contributed by atoms with Crippen molar-refractivity contribution in [3.63, 3.8) is 0 Å². The van der Waals surface area contributed by atoms with Crippen molar-refractivity contribution >= 4 is 23.0 Å². The van der Waals surface area contributed by atoms with Crippen molar-refractivity contribution in [2.75, 3.05) is 0 Å². The molecule has 1 aromatic rings. The molecule has 0 aliphatic rings. The van der Waals surface area contributed by atoms with Gasteiger partial charge in [0.1, 0.15) is 0 Å². The summed E-state index contributed by atoms with van der Waals surface area (Å²) in [6, 6.07) is 0.884. The number of nitro benzene ring substituents is 3. The number of nitrogens with one attached hydrogen (secondary N) is 1. The zero-order valence-electron chi connectivity index (χ0n) is 8.93. The van der Waals surface area contributed by atoms with Crippen LogP contribution in [0.2, 0.25) is 0 Å². The second kappa shape index (κ2) is 5.01. The highest BCUT2D eigenvalue weighted by molar-refractivity contribution is 6.02. The summed E-state index contributed by atoms with van der Waals surface area (Å²) in [5.74, 6) is 3.46. The van der Waals surface area contributed by atoms with Crippen LogP contribution in [0.25, 0.3) is 0 Å². The fourth-order valence-electron chi connectivity index (χ4n) is 1.30. The summed E-state index contributed by atoms with van der Waals surface area (Å²) in [6.45, 7) is 0. The SMILES string of the molecule is NNC(=O)c1c([N+](=O)[O-])cc([N+](=O)[O-])cc1[N+](=O)[O-]. The zero-order valence-corrected chi connectivity index (χ0v) is 8.93. The molecule has 1 rings (SSSR count). The minimum absolute atomic E-state index is 0.442. The number of hydrazine groups is 1. The van der Waals surface area contributed by atoms with E-state index < -0.39 is 43.3 Å². The average Bonchev–Trinajstić information content (AvgIpc) is 2.35. The predicted octanol–water partition coefficient (Wildman–Crippen LogP) is 0.0147. The molecule has 0 radical (unpaired) electrons. The zero-order chi connectivity index (χ0) is 14.7. The van der Waals surface area contributed by atoms with Crippen LogP contribution >= 0.6 is 0 Å². The molecule has 1 aromatic carbocycles. The van der Waals surface area contributed by atoms with E-state index in [4.69, 9.17) is 5.84 Å². The van der Waals surface area contributed by atoms with E-state index in [2.05, 4.69) is 0 Å². The highest BCUT2D eigenvalue weighted by Crippen LogP contribution is 2.33. The largest absolute Gasteiger partial charge is 0.296 e. The van der Waals surface area contributed by atoms with Gasteiger partial charge in [0.05, 0.1) is 26.9 Å². The van der Waals surface area contributed by atoms with Gasteiger partial charge in [-0.05, 0) is 0 Å². The fraction of sp³-hybridized carbons (Fsp3) is 0. The topological polar surface area (TPSA) is 185 Å². The van der Waals surface area contributed by atoms with E-state index in [0.29, 0.717) is 12.1 Å². The molecule has 0 unspecified atom stereocenters. The van der Waals surface area contributed by atoms with Gasteiger partial charge >= 0.3 is 0 Å². The molecule has 12 nitrogen and oxygen atoms in total. The quantitative estimate of drug-likeness (QED) is 0.331. The van der Waals surface area contributed by atoms with Gasteiger partial charge in [0.25, 0.3) is 23.0 Å². The van der Waals surface area contributed by atoms with Crippen LogP contribution in [-0.4, -0.2) is 20.7 Å². The lowest BCUT2D eigenvalue weighted by Gasteiger charge is -2.02. The van der Waals surface area contributed by atoms with Crippen LogP contribution in [0.3, 0.4) is 0 Å². The highest BCUT2D eigenvalue weighted by Gasteiger charge is 2.34. The van der Waals surface area contributed by atoms with E-state index in [1.165, 1.54) is 5.43 Å². The molecule has 0 saturated carbocycles. The van der Waals surface area contributed by atoms with E-state index in [-0.39, 0.29) is 0 Å². The van der Waals surface area contributed by atoms with Gasteiger partial charge in [-0.25, -0.2) is 5.84 Å². The van der Waals surface area contributed by atoms with Crippen LogP contribution in [0.4, 0.5) is 17.1 Å². The van der Waals surface area contributed by atoms with Gasteiger partial charge in [-0.3, -0.25) is 40.6 Å². The molecule has 0 aliphatic heterocycles. The summed E-state index contributed by atoms with van der Waals surface area (Å²) in [6.07, 6.45) is 0.